The highest BCUT2D eigenvalue weighted by molar-refractivity contribution is 5.96. The van der Waals surface area contributed by atoms with Crippen molar-refractivity contribution in [2.24, 2.45) is 0 Å². The Balaban J connectivity index is 3.91. The molecule has 0 amide bonds. The van der Waals surface area contributed by atoms with E-state index in [1.807, 2.05) is 0 Å². The Labute approximate surface area is 133 Å². The summed E-state index contributed by atoms with van der Waals surface area (Å²) < 4.78 is 9.89. The van der Waals surface area contributed by atoms with Crippen LogP contribution in [0.4, 0.5) is 0 Å². The summed E-state index contributed by atoms with van der Waals surface area (Å²) in [4.78, 5) is 23.2. The van der Waals surface area contributed by atoms with E-state index >= 15 is 0 Å². The number of aliphatic hydroxyl groups excluding tert-OH is 1. The van der Waals surface area contributed by atoms with Crippen LogP contribution in [0.2, 0.25) is 0 Å². The van der Waals surface area contributed by atoms with Gasteiger partial charge in [0, 0.05) is 0 Å². The van der Waals surface area contributed by atoms with Crippen LogP contribution in [0.5, 0.6) is 0 Å². The molecule has 0 aromatic rings. The third-order valence-corrected chi connectivity index (χ3v) is 3.29. The van der Waals surface area contributed by atoms with E-state index in [0.29, 0.717) is 0 Å². The molecule has 128 valence electrons. The van der Waals surface area contributed by atoms with E-state index in [4.69, 9.17) is 9.47 Å². The fraction of sp³-hybridized carbons (Fsp3) is 0.765. The van der Waals surface area contributed by atoms with Gasteiger partial charge in [-0.25, -0.2) is 9.59 Å². The Morgan fingerprint density at radius 2 is 1.41 bits per heavy atom. The van der Waals surface area contributed by atoms with E-state index in [-0.39, 0.29) is 18.8 Å². The van der Waals surface area contributed by atoms with E-state index in [2.05, 4.69) is 20.4 Å². The molecule has 1 unspecified atom stereocenters. The van der Waals surface area contributed by atoms with Gasteiger partial charge in [0.1, 0.15) is 0 Å². The lowest BCUT2D eigenvalue weighted by Crippen LogP contribution is -2.29. The molecule has 0 heterocycles. The van der Waals surface area contributed by atoms with Gasteiger partial charge in [0.15, 0.2) is 6.10 Å². The summed E-state index contributed by atoms with van der Waals surface area (Å²) in [5.74, 6) is -1.59. The third kappa shape index (κ3) is 9.55. The number of carbonyl (C=O) groups excluding carboxylic acids is 2. The molecule has 0 saturated carbocycles. The molecule has 0 aromatic heterocycles. The standard InChI is InChI=1S/C17H30O5/c1-4-6-8-10-12-21-16(19)14(3)15(18)17(20)22-13-11-9-7-5-2/h15,18H,3-13H2,1-2H3. The summed E-state index contributed by atoms with van der Waals surface area (Å²) in [7, 11) is 0. The molecule has 22 heavy (non-hydrogen) atoms. The van der Waals surface area contributed by atoms with E-state index in [1.165, 1.54) is 0 Å². The summed E-state index contributed by atoms with van der Waals surface area (Å²) in [6, 6.07) is 0. The number of unbranched alkanes of at least 4 members (excludes halogenated alkanes) is 6. The molecule has 1 atom stereocenters. The quantitative estimate of drug-likeness (QED) is 0.321. The van der Waals surface area contributed by atoms with Crippen LogP contribution >= 0.6 is 0 Å². The van der Waals surface area contributed by atoms with Gasteiger partial charge in [-0.1, -0.05) is 59.0 Å². The fourth-order valence-corrected chi connectivity index (χ4v) is 1.82. The highest BCUT2D eigenvalue weighted by atomic mass is 16.6. The van der Waals surface area contributed by atoms with E-state index in [1.54, 1.807) is 0 Å². The lowest BCUT2D eigenvalue weighted by Gasteiger charge is -2.13. The zero-order valence-electron chi connectivity index (χ0n) is 13.9. The van der Waals surface area contributed by atoms with Crippen molar-refractivity contribution in [3.8, 4) is 0 Å². The minimum atomic E-state index is -1.64. The van der Waals surface area contributed by atoms with Crippen LogP contribution in [0.25, 0.3) is 0 Å². The molecule has 0 aliphatic carbocycles. The molecule has 0 saturated heterocycles. The second-order valence-electron chi connectivity index (χ2n) is 5.35. The molecule has 0 fully saturated rings. The second-order valence-corrected chi connectivity index (χ2v) is 5.35. The Bertz CT molecular complexity index is 338. The number of ether oxygens (including phenoxy) is 2. The van der Waals surface area contributed by atoms with Crippen LogP contribution in [0, 0.1) is 0 Å². The number of rotatable bonds is 13. The van der Waals surface area contributed by atoms with Crippen molar-refractivity contribution in [2.45, 2.75) is 71.3 Å². The first-order valence-electron chi connectivity index (χ1n) is 8.25. The maximum absolute atomic E-state index is 11.6. The normalized spacial score (nSPS) is 11.8. The lowest BCUT2D eigenvalue weighted by molar-refractivity contribution is -0.154. The predicted molar refractivity (Wildman–Crippen MR) is 85.3 cm³/mol. The first-order chi connectivity index (χ1) is 10.5. The van der Waals surface area contributed by atoms with Crippen molar-refractivity contribution >= 4 is 11.9 Å². The van der Waals surface area contributed by atoms with Crippen LogP contribution in [-0.2, 0) is 19.1 Å². The smallest absolute Gasteiger partial charge is 0.339 e. The topological polar surface area (TPSA) is 72.8 Å². The molecule has 5 nitrogen and oxygen atoms in total. The van der Waals surface area contributed by atoms with Crippen molar-refractivity contribution < 1.29 is 24.2 Å². The van der Waals surface area contributed by atoms with Crippen LogP contribution in [0.1, 0.15) is 65.2 Å². The summed E-state index contributed by atoms with van der Waals surface area (Å²) in [6.45, 7) is 8.13. The maximum atomic E-state index is 11.6. The molecule has 0 rings (SSSR count). The Kier molecular flexibility index (Phi) is 12.5. The molecule has 1 N–H and O–H groups in total. The van der Waals surface area contributed by atoms with E-state index in [0.717, 1.165) is 51.4 Å². The molecular formula is C17H30O5. The summed E-state index contributed by atoms with van der Waals surface area (Å²) in [5, 5.41) is 9.73. The van der Waals surface area contributed by atoms with Crippen LogP contribution in [0.3, 0.4) is 0 Å². The largest absolute Gasteiger partial charge is 0.464 e. The summed E-state index contributed by atoms with van der Waals surface area (Å²) in [6.07, 6.45) is 6.20. The molecule has 0 bridgehead atoms. The van der Waals surface area contributed by atoms with Crippen molar-refractivity contribution in [2.75, 3.05) is 13.2 Å². The number of aliphatic hydroxyl groups is 1. The SMILES string of the molecule is C=C(C(=O)OCCCCCC)C(O)C(=O)OCCCCCC. The molecule has 0 spiro atoms. The molecule has 0 aliphatic heterocycles. The third-order valence-electron chi connectivity index (χ3n) is 3.29. The Morgan fingerprint density at radius 3 is 1.91 bits per heavy atom. The van der Waals surface area contributed by atoms with Gasteiger partial charge in [0.25, 0.3) is 0 Å². The predicted octanol–water partition coefficient (Wildman–Crippen LogP) is 3.15. The number of hydrogen-bond acceptors (Lipinski definition) is 5. The van der Waals surface area contributed by atoms with Gasteiger partial charge in [-0.15, -0.1) is 0 Å². The summed E-state index contributed by atoms with van der Waals surface area (Å²) in [5.41, 5.74) is -0.269. The highest BCUT2D eigenvalue weighted by Crippen LogP contribution is 2.07. The van der Waals surface area contributed by atoms with E-state index < -0.39 is 18.0 Å². The Hall–Kier alpha value is -1.36. The number of carbonyl (C=O) groups is 2. The summed E-state index contributed by atoms with van der Waals surface area (Å²) >= 11 is 0. The molecule has 0 radical (unpaired) electrons. The zero-order chi connectivity index (χ0) is 16.8. The molecular weight excluding hydrogens is 284 g/mol. The van der Waals surface area contributed by atoms with Gasteiger partial charge in [0.05, 0.1) is 18.8 Å². The number of esters is 2. The first kappa shape index (κ1) is 20.6. The van der Waals surface area contributed by atoms with Crippen LogP contribution in [0.15, 0.2) is 12.2 Å². The van der Waals surface area contributed by atoms with Gasteiger partial charge < -0.3 is 14.6 Å². The maximum Gasteiger partial charge on any atom is 0.339 e. The second kappa shape index (κ2) is 13.3. The first-order valence-corrected chi connectivity index (χ1v) is 8.25. The minimum absolute atomic E-state index is 0.245. The average molecular weight is 314 g/mol. The van der Waals surface area contributed by atoms with Crippen molar-refractivity contribution in [3.63, 3.8) is 0 Å². The van der Waals surface area contributed by atoms with E-state index in [9.17, 15) is 14.7 Å². The monoisotopic (exact) mass is 314 g/mol. The fourth-order valence-electron chi connectivity index (χ4n) is 1.82. The minimum Gasteiger partial charge on any atom is -0.464 e. The molecule has 5 heteroatoms. The van der Waals surface area contributed by atoms with Gasteiger partial charge in [-0.05, 0) is 12.8 Å². The molecule has 0 aliphatic rings. The van der Waals surface area contributed by atoms with Crippen LogP contribution < -0.4 is 0 Å². The van der Waals surface area contributed by atoms with Crippen molar-refractivity contribution in [1.82, 2.24) is 0 Å². The molecule has 0 aromatic carbocycles. The highest BCUT2D eigenvalue weighted by Gasteiger charge is 2.26. The lowest BCUT2D eigenvalue weighted by atomic mass is 10.1. The van der Waals surface area contributed by atoms with Gasteiger partial charge in [-0.2, -0.15) is 0 Å². The van der Waals surface area contributed by atoms with Gasteiger partial charge in [-0.3, -0.25) is 0 Å². The van der Waals surface area contributed by atoms with Gasteiger partial charge >= 0.3 is 11.9 Å². The number of hydrogen-bond donors (Lipinski definition) is 1. The van der Waals surface area contributed by atoms with Crippen molar-refractivity contribution in [1.29, 1.82) is 0 Å². The van der Waals surface area contributed by atoms with Crippen LogP contribution in [-0.4, -0.2) is 36.4 Å². The Morgan fingerprint density at radius 1 is 0.909 bits per heavy atom. The van der Waals surface area contributed by atoms with Crippen molar-refractivity contribution in [3.05, 3.63) is 12.2 Å². The average Bonchev–Trinajstić information content (AvgIpc) is 2.52. The zero-order valence-corrected chi connectivity index (χ0v) is 13.9. The van der Waals surface area contributed by atoms with Gasteiger partial charge in [0.2, 0.25) is 0 Å².